The van der Waals surface area contributed by atoms with Gasteiger partial charge in [-0.2, -0.15) is 13.2 Å². The number of imidazole rings is 2. The summed E-state index contributed by atoms with van der Waals surface area (Å²) in [6.07, 6.45) is 3.21. The van der Waals surface area contributed by atoms with Crippen molar-refractivity contribution in [2.24, 2.45) is 0 Å². The van der Waals surface area contributed by atoms with Gasteiger partial charge in [-0.05, 0) is 49.7 Å². The van der Waals surface area contributed by atoms with E-state index in [4.69, 9.17) is 4.74 Å². The molecule has 12 nitrogen and oxygen atoms in total. The zero-order valence-corrected chi connectivity index (χ0v) is 25.8. The highest BCUT2D eigenvalue weighted by Gasteiger charge is 2.32. The van der Waals surface area contributed by atoms with Crippen molar-refractivity contribution < 1.29 is 22.7 Å². The molecule has 5 aromatic rings. The van der Waals surface area contributed by atoms with Crippen LogP contribution in [0.3, 0.4) is 0 Å². The van der Waals surface area contributed by atoms with Gasteiger partial charge in [0.15, 0.2) is 0 Å². The number of carbonyl (C=O) groups is 1. The number of ether oxygens (including phenoxy) is 1. The van der Waals surface area contributed by atoms with Crippen LogP contribution in [-0.2, 0) is 10.9 Å². The first kappa shape index (κ1) is 31.7. The molecule has 3 aromatic heterocycles. The van der Waals surface area contributed by atoms with Gasteiger partial charge in [0, 0.05) is 73.5 Å². The minimum atomic E-state index is -4.65. The van der Waals surface area contributed by atoms with Crippen LogP contribution in [0.2, 0.25) is 0 Å². The number of alkyl halides is 3. The lowest BCUT2D eigenvalue weighted by Crippen LogP contribution is -2.39. The van der Waals surface area contributed by atoms with Gasteiger partial charge in [0.2, 0.25) is 5.95 Å². The second-order valence-electron chi connectivity index (χ2n) is 11.1. The van der Waals surface area contributed by atoms with E-state index in [9.17, 15) is 18.0 Å². The third-order valence-corrected chi connectivity index (χ3v) is 7.64. The summed E-state index contributed by atoms with van der Waals surface area (Å²) in [5.74, 6) is 1.03. The van der Waals surface area contributed by atoms with Crippen LogP contribution in [0.1, 0.15) is 27.2 Å². The predicted molar refractivity (Wildman–Crippen MR) is 171 cm³/mol. The van der Waals surface area contributed by atoms with Crippen LogP contribution in [0, 0.1) is 13.8 Å². The molecule has 15 heteroatoms. The number of anilines is 4. The Kier molecular flexibility index (Phi) is 9.17. The van der Waals surface area contributed by atoms with Crippen molar-refractivity contribution in [3.8, 4) is 11.5 Å². The van der Waals surface area contributed by atoms with Crippen molar-refractivity contribution in [2.45, 2.75) is 20.0 Å². The molecule has 6 rings (SSSR count). The van der Waals surface area contributed by atoms with Crippen molar-refractivity contribution in [1.82, 2.24) is 34.0 Å². The zero-order chi connectivity index (χ0) is 33.0. The summed E-state index contributed by atoms with van der Waals surface area (Å²) in [7, 11) is 0. The fourth-order valence-electron chi connectivity index (χ4n) is 5.10. The molecule has 0 atom stereocenters. The van der Waals surface area contributed by atoms with Crippen LogP contribution in [0.5, 0.6) is 0 Å². The smallest absolute Gasteiger partial charge is 0.379 e. The molecule has 1 aliphatic rings. The maximum Gasteiger partial charge on any atom is 0.416 e. The Morgan fingerprint density at radius 2 is 1.83 bits per heavy atom. The Morgan fingerprint density at radius 3 is 2.60 bits per heavy atom. The van der Waals surface area contributed by atoms with Gasteiger partial charge in [-0.3, -0.25) is 14.3 Å². The maximum absolute atomic E-state index is 13.7. The fraction of sp³-hybridized carbons (Fsp3) is 0.281. The van der Waals surface area contributed by atoms with Crippen LogP contribution < -0.4 is 16.0 Å². The number of benzene rings is 2. The average Bonchev–Trinajstić information content (AvgIpc) is 3.72. The van der Waals surface area contributed by atoms with Gasteiger partial charge in [-0.1, -0.05) is 6.07 Å². The van der Waals surface area contributed by atoms with Crippen LogP contribution in [0.25, 0.3) is 11.5 Å². The highest BCUT2D eigenvalue weighted by molar-refractivity contribution is 6.05. The Hall–Kier alpha value is -5.28. The molecule has 1 fully saturated rings. The Labute approximate surface area is 268 Å². The van der Waals surface area contributed by atoms with Gasteiger partial charge >= 0.3 is 6.18 Å². The number of amides is 1. The number of aromatic nitrogens is 6. The molecule has 1 saturated heterocycles. The Bertz CT molecular complexity index is 1860. The molecule has 0 spiro atoms. The van der Waals surface area contributed by atoms with E-state index in [0.717, 1.165) is 50.5 Å². The number of aryl methyl sites for hydroxylation is 2. The van der Waals surface area contributed by atoms with Gasteiger partial charge in [0.1, 0.15) is 18.0 Å². The topological polar surface area (TPSA) is 127 Å². The number of morpholine rings is 1. The SMILES string of the molecule is Cc1cn(-c2cc(C(=O)Nc3ccc(C)c(Nc4nccn4-c4cc(NCCN5CCOCC5)ncn4)c3)cc(C(F)(F)F)c2)cn1. The monoisotopic (exact) mass is 646 g/mol. The molecule has 0 radical (unpaired) electrons. The number of hydrogen-bond donors (Lipinski definition) is 3. The normalized spacial score (nSPS) is 13.8. The lowest BCUT2D eigenvalue weighted by molar-refractivity contribution is -0.137. The van der Waals surface area contributed by atoms with Crippen LogP contribution in [0.15, 0.2) is 73.7 Å². The molecular formula is C32H33F3N10O2. The molecule has 47 heavy (non-hydrogen) atoms. The largest absolute Gasteiger partial charge is 0.416 e. The van der Waals surface area contributed by atoms with Crippen molar-refractivity contribution in [3.05, 3.63) is 96.1 Å². The summed E-state index contributed by atoms with van der Waals surface area (Å²) >= 11 is 0. The minimum absolute atomic E-state index is 0.148. The van der Waals surface area contributed by atoms with Gasteiger partial charge in [-0.15, -0.1) is 0 Å². The van der Waals surface area contributed by atoms with E-state index in [-0.39, 0.29) is 11.3 Å². The Balaban J connectivity index is 1.17. The first-order valence-corrected chi connectivity index (χ1v) is 14.9. The molecule has 3 N–H and O–H groups in total. The summed E-state index contributed by atoms with van der Waals surface area (Å²) in [4.78, 5) is 32.9. The van der Waals surface area contributed by atoms with Crippen LogP contribution in [-0.4, -0.2) is 79.3 Å². The summed E-state index contributed by atoms with van der Waals surface area (Å²) in [6.45, 7) is 8.49. The van der Waals surface area contributed by atoms with Crippen molar-refractivity contribution in [2.75, 3.05) is 55.3 Å². The minimum Gasteiger partial charge on any atom is -0.379 e. The zero-order valence-electron chi connectivity index (χ0n) is 25.8. The van der Waals surface area contributed by atoms with E-state index in [0.29, 0.717) is 41.2 Å². The standard InChI is InChI=1S/C32H33F3N10O2/c1-21-3-4-25(41-30(46)23-13-24(32(33,34)35)15-26(14-23)44-18-22(2)40-20-44)16-27(21)42-31-37-6-8-45(31)29-17-28(38-19-39-29)36-5-7-43-9-11-47-12-10-43/h3-4,6,8,13-20H,5,7,9-12H2,1-2H3,(H,37,42)(H,41,46)(H,36,38,39). The number of nitrogens with zero attached hydrogens (tertiary/aromatic N) is 7. The maximum atomic E-state index is 13.7. The quantitative estimate of drug-likeness (QED) is 0.187. The number of halogens is 3. The van der Waals surface area contributed by atoms with E-state index < -0.39 is 17.6 Å². The molecule has 1 aliphatic heterocycles. The Morgan fingerprint density at radius 1 is 1.00 bits per heavy atom. The number of carbonyl (C=O) groups excluding carboxylic acids is 1. The molecule has 0 unspecified atom stereocenters. The predicted octanol–water partition coefficient (Wildman–Crippen LogP) is 5.22. The van der Waals surface area contributed by atoms with Gasteiger partial charge < -0.3 is 25.3 Å². The molecule has 1 amide bonds. The number of hydrogen-bond acceptors (Lipinski definition) is 9. The van der Waals surface area contributed by atoms with E-state index >= 15 is 0 Å². The lowest BCUT2D eigenvalue weighted by atomic mass is 10.1. The highest BCUT2D eigenvalue weighted by atomic mass is 19.4. The van der Waals surface area contributed by atoms with Crippen molar-refractivity contribution in [3.63, 3.8) is 0 Å². The third-order valence-electron chi connectivity index (χ3n) is 7.64. The molecule has 244 valence electrons. The highest BCUT2D eigenvalue weighted by Crippen LogP contribution is 2.32. The van der Waals surface area contributed by atoms with Gasteiger partial charge in [0.25, 0.3) is 5.91 Å². The molecular weight excluding hydrogens is 613 g/mol. The summed E-state index contributed by atoms with van der Waals surface area (Å²) in [5, 5.41) is 9.35. The molecule has 0 aliphatic carbocycles. The first-order chi connectivity index (χ1) is 22.6. The summed E-state index contributed by atoms with van der Waals surface area (Å²) in [5.41, 5.74) is 1.57. The van der Waals surface area contributed by atoms with E-state index in [2.05, 4.69) is 40.8 Å². The third kappa shape index (κ3) is 7.76. The lowest BCUT2D eigenvalue weighted by Gasteiger charge is -2.26. The molecule has 2 aromatic carbocycles. The van der Waals surface area contributed by atoms with E-state index in [1.807, 2.05) is 13.0 Å². The first-order valence-electron chi connectivity index (χ1n) is 14.9. The second kappa shape index (κ2) is 13.6. The summed E-state index contributed by atoms with van der Waals surface area (Å²) < 4.78 is 49.9. The van der Waals surface area contributed by atoms with Gasteiger partial charge in [-0.25, -0.2) is 19.9 Å². The van der Waals surface area contributed by atoms with E-state index in [1.165, 1.54) is 23.3 Å². The van der Waals surface area contributed by atoms with E-state index in [1.54, 1.807) is 48.3 Å². The number of nitrogens with one attached hydrogen (secondary N) is 3. The van der Waals surface area contributed by atoms with Gasteiger partial charge in [0.05, 0.1) is 30.8 Å². The molecule has 4 heterocycles. The van der Waals surface area contributed by atoms with Crippen molar-refractivity contribution in [1.29, 1.82) is 0 Å². The number of rotatable bonds is 10. The molecule has 0 bridgehead atoms. The molecule has 0 saturated carbocycles. The van der Waals surface area contributed by atoms with Crippen LogP contribution in [0.4, 0.5) is 36.3 Å². The van der Waals surface area contributed by atoms with Crippen LogP contribution >= 0.6 is 0 Å². The second-order valence-corrected chi connectivity index (χ2v) is 11.1. The fourth-order valence-corrected chi connectivity index (χ4v) is 5.10. The average molecular weight is 647 g/mol. The van der Waals surface area contributed by atoms with Crippen molar-refractivity contribution >= 4 is 29.0 Å². The summed E-state index contributed by atoms with van der Waals surface area (Å²) in [6, 6.07) is 10.2.